The topological polar surface area (TPSA) is 66.8 Å². The van der Waals surface area contributed by atoms with Gasteiger partial charge in [0.1, 0.15) is 0 Å². The minimum atomic E-state index is -0.833. The molecule has 0 aliphatic carbocycles. The van der Waals surface area contributed by atoms with E-state index in [1.165, 1.54) is 32.1 Å². The average molecular weight is 234 g/mol. The average Bonchev–Trinajstić information content (AvgIpc) is 2.15. The second-order valence-corrected chi connectivity index (χ2v) is 4.30. The summed E-state index contributed by atoms with van der Waals surface area (Å²) in [5.74, 6) is 0.00535. The number of hydrogen-bond acceptors (Lipinski definition) is 3. The Kier molecular flexibility index (Phi) is 16.0. The molecule has 0 fully saturated rings. The summed E-state index contributed by atoms with van der Waals surface area (Å²) in [5, 5.41) is 15.5. The second-order valence-electron chi connectivity index (χ2n) is 4.30. The summed E-state index contributed by atoms with van der Waals surface area (Å²) in [6.07, 6.45) is 7.45. The van der Waals surface area contributed by atoms with Crippen LogP contribution in [0.5, 0.6) is 0 Å². The van der Waals surface area contributed by atoms with E-state index in [2.05, 4.69) is 18.7 Å². The largest absolute Gasteiger partial charge is 0.481 e. The molecule has 0 saturated carbocycles. The zero-order valence-corrected chi connectivity index (χ0v) is 10.7. The van der Waals surface area contributed by atoms with Gasteiger partial charge in [-0.1, -0.05) is 46.0 Å². The SMILES string of the molecule is CC(=O)O.CC(C)CCCCCCCOO. The third-order valence-corrected chi connectivity index (χ3v) is 2.02. The van der Waals surface area contributed by atoms with Crippen LogP contribution >= 0.6 is 0 Å². The summed E-state index contributed by atoms with van der Waals surface area (Å²) in [4.78, 5) is 13.0. The summed E-state index contributed by atoms with van der Waals surface area (Å²) in [6.45, 7) is 6.10. The molecule has 98 valence electrons. The van der Waals surface area contributed by atoms with Crippen LogP contribution in [0.3, 0.4) is 0 Å². The van der Waals surface area contributed by atoms with Crippen LogP contribution in [-0.2, 0) is 9.68 Å². The van der Waals surface area contributed by atoms with Gasteiger partial charge in [0.2, 0.25) is 0 Å². The van der Waals surface area contributed by atoms with Crippen LogP contribution in [0.4, 0.5) is 0 Å². The highest BCUT2D eigenvalue weighted by molar-refractivity contribution is 5.62. The van der Waals surface area contributed by atoms with Crippen LogP contribution in [-0.4, -0.2) is 22.9 Å². The first kappa shape index (κ1) is 17.8. The van der Waals surface area contributed by atoms with E-state index in [9.17, 15) is 0 Å². The first-order chi connectivity index (χ1) is 7.50. The Balaban J connectivity index is 0. The second kappa shape index (κ2) is 14.4. The Morgan fingerprint density at radius 2 is 1.56 bits per heavy atom. The molecule has 0 atom stereocenters. The number of unbranched alkanes of at least 4 members (excludes halogenated alkanes) is 4. The molecule has 0 rings (SSSR count). The molecule has 0 aromatic rings. The van der Waals surface area contributed by atoms with E-state index >= 15 is 0 Å². The number of carbonyl (C=O) groups is 1. The molecule has 4 heteroatoms. The number of rotatable bonds is 8. The van der Waals surface area contributed by atoms with Crippen LogP contribution in [0.15, 0.2) is 0 Å². The Bertz CT molecular complexity index is 142. The molecule has 0 unspecified atom stereocenters. The zero-order valence-electron chi connectivity index (χ0n) is 10.7. The summed E-state index contributed by atoms with van der Waals surface area (Å²) in [7, 11) is 0. The van der Waals surface area contributed by atoms with Gasteiger partial charge in [-0.15, -0.1) is 0 Å². The fraction of sp³-hybridized carbons (Fsp3) is 0.917. The Labute approximate surface area is 98.6 Å². The van der Waals surface area contributed by atoms with E-state index in [0.717, 1.165) is 19.3 Å². The van der Waals surface area contributed by atoms with Crippen molar-refractivity contribution in [2.24, 2.45) is 5.92 Å². The molecule has 0 bridgehead atoms. The molecule has 0 amide bonds. The lowest BCUT2D eigenvalue weighted by Gasteiger charge is -2.03. The standard InChI is InChI=1S/C10H22O2.C2H4O2/c1-10(2)8-6-4-3-5-7-9-12-11;1-2(3)4/h10-11H,3-9H2,1-2H3;1H3,(H,3,4). The van der Waals surface area contributed by atoms with Crippen LogP contribution in [0, 0.1) is 5.92 Å². The van der Waals surface area contributed by atoms with Gasteiger partial charge in [-0.3, -0.25) is 10.1 Å². The highest BCUT2D eigenvalue weighted by Gasteiger charge is 1.94. The van der Waals surface area contributed by atoms with Gasteiger partial charge in [-0.25, -0.2) is 4.89 Å². The van der Waals surface area contributed by atoms with Gasteiger partial charge in [0.05, 0.1) is 6.61 Å². The van der Waals surface area contributed by atoms with Crippen molar-refractivity contribution in [2.45, 2.75) is 59.3 Å². The molecule has 0 aliphatic heterocycles. The number of aliphatic carboxylic acids is 1. The van der Waals surface area contributed by atoms with E-state index in [-0.39, 0.29) is 0 Å². The van der Waals surface area contributed by atoms with Crippen molar-refractivity contribution in [1.29, 1.82) is 0 Å². The molecule has 0 aromatic heterocycles. The molecule has 0 spiro atoms. The third kappa shape index (κ3) is 29.2. The van der Waals surface area contributed by atoms with Gasteiger partial charge in [0.15, 0.2) is 0 Å². The smallest absolute Gasteiger partial charge is 0.300 e. The van der Waals surface area contributed by atoms with Crippen LogP contribution < -0.4 is 0 Å². The zero-order chi connectivity index (χ0) is 12.8. The van der Waals surface area contributed by atoms with E-state index in [1.807, 2.05) is 0 Å². The molecule has 0 radical (unpaired) electrons. The maximum atomic E-state index is 9.00. The van der Waals surface area contributed by atoms with Gasteiger partial charge in [-0.05, 0) is 12.3 Å². The van der Waals surface area contributed by atoms with Gasteiger partial charge in [0.25, 0.3) is 5.97 Å². The molecule has 0 saturated heterocycles. The van der Waals surface area contributed by atoms with Crippen molar-refractivity contribution in [2.75, 3.05) is 6.61 Å². The van der Waals surface area contributed by atoms with Crippen LogP contribution in [0.2, 0.25) is 0 Å². The minimum absolute atomic E-state index is 0.490. The maximum Gasteiger partial charge on any atom is 0.300 e. The predicted octanol–water partition coefficient (Wildman–Crippen LogP) is 3.56. The van der Waals surface area contributed by atoms with Crippen molar-refractivity contribution in [1.82, 2.24) is 0 Å². The number of carboxylic acid groups (broad SMARTS) is 1. The van der Waals surface area contributed by atoms with Crippen molar-refractivity contribution < 1.29 is 20.0 Å². The summed E-state index contributed by atoms with van der Waals surface area (Å²) in [6, 6.07) is 0. The maximum absolute atomic E-state index is 9.00. The Morgan fingerprint density at radius 3 is 2.00 bits per heavy atom. The van der Waals surface area contributed by atoms with Gasteiger partial charge in [0, 0.05) is 6.92 Å². The van der Waals surface area contributed by atoms with Crippen molar-refractivity contribution in [3.63, 3.8) is 0 Å². The van der Waals surface area contributed by atoms with Gasteiger partial charge >= 0.3 is 0 Å². The van der Waals surface area contributed by atoms with E-state index in [1.54, 1.807) is 0 Å². The van der Waals surface area contributed by atoms with E-state index in [4.69, 9.17) is 15.2 Å². The first-order valence-corrected chi connectivity index (χ1v) is 5.96. The van der Waals surface area contributed by atoms with Crippen molar-refractivity contribution in [3.8, 4) is 0 Å². The molecule has 0 heterocycles. The number of hydrogen-bond donors (Lipinski definition) is 2. The van der Waals surface area contributed by atoms with Crippen molar-refractivity contribution in [3.05, 3.63) is 0 Å². The van der Waals surface area contributed by atoms with Crippen LogP contribution in [0.25, 0.3) is 0 Å². The molecule has 2 N–H and O–H groups in total. The molecule has 16 heavy (non-hydrogen) atoms. The molecular weight excluding hydrogens is 208 g/mol. The lowest BCUT2D eigenvalue weighted by molar-refractivity contribution is -0.242. The molecule has 4 nitrogen and oxygen atoms in total. The fourth-order valence-electron chi connectivity index (χ4n) is 1.25. The first-order valence-electron chi connectivity index (χ1n) is 5.96. The Morgan fingerprint density at radius 1 is 1.12 bits per heavy atom. The highest BCUT2D eigenvalue weighted by Crippen LogP contribution is 2.10. The number of carboxylic acids is 1. The lowest BCUT2D eigenvalue weighted by atomic mass is 10.0. The Hall–Kier alpha value is -0.610. The third-order valence-electron chi connectivity index (χ3n) is 2.02. The highest BCUT2D eigenvalue weighted by atomic mass is 17.1. The summed E-state index contributed by atoms with van der Waals surface area (Å²) < 4.78 is 0. The quantitative estimate of drug-likeness (QED) is 0.383. The normalized spacial score (nSPS) is 9.81. The van der Waals surface area contributed by atoms with E-state index < -0.39 is 5.97 Å². The summed E-state index contributed by atoms with van der Waals surface area (Å²) >= 11 is 0. The van der Waals surface area contributed by atoms with E-state index in [0.29, 0.717) is 6.61 Å². The lowest BCUT2D eigenvalue weighted by Crippen LogP contribution is -1.90. The fourth-order valence-corrected chi connectivity index (χ4v) is 1.25. The molecule has 0 aromatic carbocycles. The molecular formula is C12H26O4. The predicted molar refractivity (Wildman–Crippen MR) is 64.4 cm³/mol. The van der Waals surface area contributed by atoms with Gasteiger partial charge < -0.3 is 5.11 Å². The minimum Gasteiger partial charge on any atom is -0.481 e. The van der Waals surface area contributed by atoms with Gasteiger partial charge in [-0.2, -0.15) is 0 Å². The van der Waals surface area contributed by atoms with Crippen LogP contribution in [0.1, 0.15) is 59.3 Å². The van der Waals surface area contributed by atoms with Crippen molar-refractivity contribution >= 4 is 5.97 Å². The monoisotopic (exact) mass is 234 g/mol. The summed E-state index contributed by atoms with van der Waals surface area (Å²) in [5.41, 5.74) is 0. The molecule has 0 aliphatic rings.